The van der Waals surface area contributed by atoms with Crippen molar-refractivity contribution in [2.75, 3.05) is 19.8 Å². The Morgan fingerprint density at radius 2 is 2.12 bits per heavy atom. The highest BCUT2D eigenvalue weighted by atomic mass is 32.1. The maximum absolute atomic E-state index is 12.1. The SMILES string of the molecule is O=C(CCNC(=O)c1cccs1)OCC(=O)c1ccc2c(c1)CCO2. The molecule has 2 heterocycles. The van der Waals surface area contributed by atoms with Gasteiger partial charge in [-0.25, -0.2) is 0 Å². The Kier molecular flexibility index (Phi) is 5.45. The number of rotatable bonds is 7. The lowest BCUT2D eigenvalue weighted by molar-refractivity contribution is -0.142. The van der Waals surface area contributed by atoms with Crippen LogP contribution in [-0.2, 0) is 16.0 Å². The van der Waals surface area contributed by atoms with Crippen LogP contribution in [0.4, 0.5) is 0 Å². The maximum Gasteiger partial charge on any atom is 0.308 e. The number of hydrogen-bond acceptors (Lipinski definition) is 6. The van der Waals surface area contributed by atoms with Gasteiger partial charge in [0.2, 0.25) is 0 Å². The summed E-state index contributed by atoms with van der Waals surface area (Å²) < 4.78 is 10.4. The van der Waals surface area contributed by atoms with Crippen LogP contribution in [0.1, 0.15) is 32.0 Å². The van der Waals surface area contributed by atoms with Gasteiger partial charge in [-0.15, -0.1) is 11.3 Å². The first-order valence-electron chi connectivity index (χ1n) is 7.90. The lowest BCUT2D eigenvalue weighted by Gasteiger charge is -2.06. The second-order valence-corrected chi connectivity index (χ2v) is 6.44. The van der Waals surface area contributed by atoms with Gasteiger partial charge < -0.3 is 14.8 Å². The Hall–Kier alpha value is -2.67. The largest absolute Gasteiger partial charge is 0.493 e. The number of ketones is 1. The Labute approximate surface area is 148 Å². The van der Waals surface area contributed by atoms with Crippen LogP contribution in [0.5, 0.6) is 5.75 Å². The number of thiophene rings is 1. The Morgan fingerprint density at radius 1 is 1.24 bits per heavy atom. The van der Waals surface area contributed by atoms with Gasteiger partial charge in [0.15, 0.2) is 12.4 Å². The summed E-state index contributed by atoms with van der Waals surface area (Å²) in [6, 6.07) is 8.70. The summed E-state index contributed by atoms with van der Waals surface area (Å²) in [6.45, 7) is 0.483. The van der Waals surface area contributed by atoms with Crippen LogP contribution in [0.3, 0.4) is 0 Å². The van der Waals surface area contributed by atoms with Crippen molar-refractivity contribution < 1.29 is 23.9 Å². The summed E-state index contributed by atoms with van der Waals surface area (Å²) in [6.07, 6.45) is 0.794. The molecule has 1 amide bonds. The van der Waals surface area contributed by atoms with Crippen molar-refractivity contribution >= 4 is 29.0 Å². The van der Waals surface area contributed by atoms with E-state index in [1.54, 1.807) is 35.7 Å². The lowest BCUT2D eigenvalue weighted by atomic mass is 10.1. The van der Waals surface area contributed by atoms with Gasteiger partial charge in [0, 0.05) is 18.5 Å². The first-order chi connectivity index (χ1) is 12.1. The molecule has 3 rings (SSSR count). The molecule has 0 saturated heterocycles. The second-order valence-electron chi connectivity index (χ2n) is 5.49. The van der Waals surface area contributed by atoms with Gasteiger partial charge in [-0.3, -0.25) is 14.4 Å². The fourth-order valence-electron chi connectivity index (χ4n) is 2.43. The number of hydrogen-bond donors (Lipinski definition) is 1. The molecule has 6 nitrogen and oxygen atoms in total. The summed E-state index contributed by atoms with van der Waals surface area (Å²) >= 11 is 1.33. The predicted octanol–water partition coefficient (Wildman–Crippen LogP) is 2.23. The third kappa shape index (κ3) is 4.45. The summed E-state index contributed by atoms with van der Waals surface area (Å²) in [7, 11) is 0. The van der Waals surface area contributed by atoms with Gasteiger partial charge in [0.1, 0.15) is 5.75 Å². The predicted molar refractivity (Wildman–Crippen MR) is 92.2 cm³/mol. The average molecular weight is 359 g/mol. The molecule has 0 bridgehead atoms. The minimum absolute atomic E-state index is 0.0163. The van der Waals surface area contributed by atoms with E-state index in [0.29, 0.717) is 17.0 Å². The normalized spacial score (nSPS) is 12.2. The first-order valence-corrected chi connectivity index (χ1v) is 8.78. The van der Waals surface area contributed by atoms with Crippen LogP contribution in [0, 0.1) is 0 Å². The molecule has 0 spiro atoms. The van der Waals surface area contributed by atoms with Crippen molar-refractivity contribution in [1.29, 1.82) is 0 Å². The molecular weight excluding hydrogens is 342 g/mol. The van der Waals surface area contributed by atoms with E-state index in [1.807, 2.05) is 0 Å². The van der Waals surface area contributed by atoms with Gasteiger partial charge in [-0.05, 0) is 35.2 Å². The number of nitrogens with one attached hydrogen (secondary N) is 1. The second kappa shape index (κ2) is 7.94. The number of carbonyl (C=O) groups excluding carboxylic acids is 3. The molecule has 130 valence electrons. The molecule has 0 atom stereocenters. The van der Waals surface area contributed by atoms with Crippen molar-refractivity contribution in [1.82, 2.24) is 5.32 Å². The standard InChI is InChI=1S/C18H17NO5S/c20-14(12-3-4-15-13(10-12)6-8-23-15)11-24-17(21)5-7-19-18(22)16-2-1-9-25-16/h1-4,9-10H,5-8,11H2,(H,19,22). The van der Waals surface area contributed by atoms with E-state index in [4.69, 9.17) is 9.47 Å². The highest BCUT2D eigenvalue weighted by molar-refractivity contribution is 7.12. The monoisotopic (exact) mass is 359 g/mol. The van der Waals surface area contributed by atoms with E-state index >= 15 is 0 Å². The number of Topliss-reactive ketones (excluding diaryl/α,β-unsaturated/α-hetero) is 1. The highest BCUT2D eigenvalue weighted by Crippen LogP contribution is 2.26. The fourth-order valence-corrected chi connectivity index (χ4v) is 3.07. The van der Waals surface area contributed by atoms with Crippen LogP contribution in [0.25, 0.3) is 0 Å². The van der Waals surface area contributed by atoms with E-state index in [0.717, 1.165) is 17.7 Å². The van der Waals surface area contributed by atoms with E-state index < -0.39 is 5.97 Å². The quantitative estimate of drug-likeness (QED) is 0.606. The number of fused-ring (bicyclic) bond motifs is 1. The molecule has 7 heteroatoms. The minimum Gasteiger partial charge on any atom is -0.493 e. The maximum atomic E-state index is 12.1. The van der Waals surface area contributed by atoms with Crippen LogP contribution in [0.2, 0.25) is 0 Å². The minimum atomic E-state index is -0.524. The molecule has 0 fully saturated rings. The van der Waals surface area contributed by atoms with E-state index in [9.17, 15) is 14.4 Å². The Bertz CT molecular complexity index is 785. The van der Waals surface area contributed by atoms with Gasteiger partial charge >= 0.3 is 5.97 Å². The van der Waals surface area contributed by atoms with E-state index in [1.165, 1.54) is 11.3 Å². The highest BCUT2D eigenvalue weighted by Gasteiger charge is 2.16. The molecule has 1 N–H and O–H groups in total. The molecule has 1 aromatic carbocycles. The summed E-state index contributed by atoms with van der Waals surface area (Å²) in [5.41, 5.74) is 1.50. The number of amides is 1. The van der Waals surface area contributed by atoms with Gasteiger partial charge in [-0.2, -0.15) is 0 Å². The molecular formula is C18H17NO5S. The van der Waals surface area contributed by atoms with Crippen LogP contribution < -0.4 is 10.1 Å². The Morgan fingerprint density at radius 3 is 2.92 bits per heavy atom. The summed E-state index contributed by atoms with van der Waals surface area (Å²) in [5.74, 6) is -0.204. The molecule has 1 aromatic heterocycles. The first kappa shape index (κ1) is 17.2. The third-order valence-corrected chi connectivity index (χ3v) is 4.60. The summed E-state index contributed by atoms with van der Waals surface area (Å²) in [4.78, 5) is 36.1. The fraction of sp³-hybridized carbons (Fsp3) is 0.278. The molecule has 0 aliphatic carbocycles. The molecule has 1 aliphatic heterocycles. The molecule has 0 saturated carbocycles. The lowest BCUT2D eigenvalue weighted by Crippen LogP contribution is -2.26. The van der Waals surface area contributed by atoms with Crippen molar-refractivity contribution in [2.45, 2.75) is 12.8 Å². The van der Waals surface area contributed by atoms with Gasteiger partial charge in [-0.1, -0.05) is 6.07 Å². The summed E-state index contributed by atoms with van der Waals surface area (Å²) in [5, 5.41) is 4.44. The molecule has 25 heavy (non-hydrogen) atoms. The molecule has 2 aromatic rings. The van der Waals surface area contributed by atoms with Crippen molar-refractivity contribution in [3.8, 4) is 5.75 Å². The van der Waals surface area contributed by atoms with Crippen molar-refractivity contribution in [3.05, 3.63) is 51.7 Å². The van der Waals surface area contributed by atoms with Crippen molar-refractivity contribution in [2.24, 2.45) is 0 Å². The smallest absolute Gasteiger partial charge is 0.308 e. The van der Waals surface area contributed by atoms with E-state index in [2.05, 4.69) is 5.32 Å². The third-order valence-electron chi connectivity index (χ3n) is 3.74. The number of benzene rings is 1. The zero-order valence-corrected chi connectivity index (χ0v) is 14.3. The van der Waals surface area contributed by atoms with Gasteiger partial charge in [0.25, 0.3) is 5.91 Å². The zero-order valence-electron chi connectivity index (χ0n) is 13.4. The molecule has 0 unspecified atom stereocenters. The Balaban J connectivity index is 1.40. The van der Waals surface area contributed by atoms with Crippen LogP contribution in [0.15, 0.2) is 35.7 Å². The average Bonchev–Trinajstić information content (AvgIpc) is 3.30. The number of esters is 1. The zero-order chi connectivity index (χ0) is 17.6. The number of ether oxygens (including phenoxy) is 2. The molecule has 1 aliphatic rings. The van der Waals surface area contributed by atoms with Crippen LogP contribution in [-0.4, -0.2) is 37.4 Å². The van der Waals surface area contributed by atoms with Gasteiger partial charge in [0.05, 0.1) is 17.9 Å². The topological polar surface area (TPSA) is 81.7 Å². The van der Waals surface area contributed by atoms with E-state index in [-0.39, 0.29) is 31.3 Å². The van der Waals surface area contributed by atoms with Crippen molar-refractivity contribution in [3.63, 3.8) is 0 Å². The number of carbonyl (C=O) groups is 3. The molecule has 0 radical (unpaired) electrons. The van der Waals surface area contributed by atoms with Crippen LogP contribution >= 0.6 is 11.3 Å².